The highest BCUT2D eigenvalue weighted by atomic mass is 35.5. The minimum atomic E-state index is -0.273. The Morgan fingerprint density at radius 1 is 1.36 bits per heavy atom. The van der Waals surface area contributed by atoms with Crippen molar-refractivity contribution >= 4 is 40.5 Å². The minimum Gasteiger partial charge on any atom is -0.354 e. The van der Waals surface area contributed by atoms with Gasteiger partial charge in [-0.05, 0) is 12.1 Å². The summed E-state index contributed by atoms with van der Waals surface area (Å²) < 4.78 is 1.72. The number of hydrogen-bond acceptors (Lipinski definition) is 4. The molecule has 4 rings (SSSR count). The van der Waals surface area contributed by atoms with Crippen LogP contribution >= 0.6 is 11.8 Å². The Hall–Kier alpha value is -2.80. The van der Waals surface area contributed by atoms with Crippen LogP contribution in [0.5, 0.6) is 0 Å². The van der Waals surface area contributed by atoms with E-state index in [1.807, 2.05) is 19.3 Å². The Balaban J connectivity index is 2.09. The number of aromatic nitrogens is 3. The number of amides is 1. The molecular weight excluding hydrogens is 304 g/mol. The molecule has 0 atom stereocenters. The quantitative estimate of drug-likeness (QED) is 0.634. The molecular formula is C14H11ClN6O. The molecule has 1 amide bonds. The number of carbonyl (C=O) groups is 1. The van der Waals surface area contributed by atoms with Crippen molar-refractivity contribution in [1.82, 2.24) is 20.2 Å². The van der Waals surface area contributed by atoms with Crippen LogP contribution in [0.2, 0.25) is 0 Å². The molecule has 1 aliphatic heterocycles. The molecule has 2 aromatic heterocycles. The van der Waals surface area contributed by atoms with Crippen molar-refractivity contribution in [3.8, 4) is 11.3 Å². The fourth-order valence-electron chi connectivity index (χ4n) is 2.71. The molecule has 0 aliphatic carbocycles. The highest BCUT2D eigenvalue weighted by Gasteiger charge is 2.22. The highest BCUT2D eigenvalue weighted by Crippen LogP contribution is 2.34. The van der Waals surface area contributed by atoms with Crippen LogP contribution in [0.3, 0.4) is 0 Å². The van der Waals surface area contributed by atoms with E-state index in [0.29, 0.717) is 11.3 Å². The zero-order valence-electron chi connectivity index (χ0n) is 11.5. The van der Waals surface area contributed by atoms with E-state index in [1.165, 1.54) is 0 Å². The van der Waals surface area contributed by atoms with Crippen molar-refractivity contribution in [2.75, 3.05) is 4.84 Å². The number of nitrogens with zero attached hydrogens (tertiary/aromatic N) is 3. The summed E-state index contributed by atoms with van der Waals surface area (Å²) in [5.41, 5.74) is 7.07. The second-order valence-corrected chi connectivity index (χ2v) is 5.25. The lowest BCUT2D eigenvalue weighted by atomic mass is 10.0. The molecule has 0 bridgehead atoms. The van der Waals surface area contributed by atoms with Crippen LogP contribution in [0.1, 0.15) is 15.9 Å². The molecule has 0 radical (unpaired) electrons. The van der Waals surface area contributed by atoms with Crippen molar-refractivity contribution < 1.29 is 4.79 Å². The fraction of sp³-hybridized carbons (Fsp3) is 0.0714. The van der Waals surface area contributed by atoms with Gasteiger partial charge in [0.2, 0.25) is 0 Å². The lowest BCUT2D eigenvalue weighted by Crippen LogP contribution is -2.16. The Kier molecular flexibility index (Phi) is 2.70. The number of benzene rings is 1. The second-order valence-electron chi connectivity index (χ2n) is 5.06. The third-order valence-electron chi connectivity index (χ3n) is 3.64. The Labute approximate surface area is 130 Å². The average molecular weight is 315 g/mol. The van der Waals surface area contributed by atoms with Crippen LogP contribution in [0, 0.1) is 0 Å². The molecule has 0 saturated carbocycles. The average Bonchev–Trinajstić information content (AvgIpc) is 3.05. The first-order valence-electron chi connectivity index (χ1n) is 6.56. The van der Waals surface area contributed by atoms with E-state index in [-0.39, 0.29) is 5.91 Å². The van der Waals surface area contributed by atoms with Gasteiger partial charge in [-0.15, -0.1) is 0 Å². The summed E-state index contributed by atoms with van der Waals surface area (Å²) in [4.78, 5) is 18.1. The molecule has 1 aromatic carbocycles. The summed E-state index contributed by atoms with van der Waals surface area (Å²) in [5.74, 6) is -0.273. The second kappa shape index (κ2) is 4.60. The molecule has 22 heavy (non-hydrogen) atoms. The molecule has 1 aliphatic rings. The molecule has 7 nitrogen and oxygen atoms in total. The molecule has 3 aromatic rings. The van der Waals surface area contributed by atoms with Crippen LogP contribution in [-0.2, 0) is 7.05 Å². The zero-order chi connectivity index (χ0) is 15.3. The summed E-state index contributed by atoms with van der Waals surface area (Å²) in [6.45, 7) is 0. The van der Waals surface area contributed by atoms with Crippen molar-refractivity contribution in [3.05, 3.63) is 35.7 Å². The topological polar surface area (TPSA) is 87.1 Å². The van der Waals surface area contributed by atoms with Gasteiger partial charge in [0, 0.05) is 47.1 Å². The third kappa shape index (κ3) is 1.79. The van der Waals surface area contributed by atoms with Gasteiger partial charge in [-0.25, -0.2) is 5.43 Å². The van der Waals surface area contributed by atoms with Crippen molar-refractivity contribution in [1.29, 1.82) is 0 Å². The van der Waals surface area contributed by atoms with Gasteiger partial charge in [0.25, 0.3) is 5.91 Å². The lowest BCUT2D eigenvalue weighted by molar-refractivity contribution is 0.0957. The number of H-pyrrole nitrogens is 1. The van der Waals surface area contributed by atoms with Gasteiger partial charge < -0.3 is 4.98 Å². The summed E-state index contributed by atoms with van der Waals surface area (Å²) in [6, 6.07) is 3.55. The number of carbonyl (C=O) groups excluding carboxylic acids is 1. The molecule has 110 valence electrons. The minimum absolute atomic E-state index is 0.273. The van der Waals surface area contributed by atoms with Gasteiger partial charge in [0.05, 0.1) is 29.4 Å². The first-order valence-corrected chi connectivity index (χ1v) is 6.94. The van der Waals surface area contributed by atoms with Crippen molar-refractivity contribution in [2.24, 2.45) is 12.1 Å². The van der Waals surface area contributed by atoms with Gasteiger partial charge in [-0.1, -0.05) is 0 Å². The van der Waals surface area contributed by atoms with Gasteiger partial charge in [-0.3, -0.25) is 14.3 Å². The summed E-state index contributed by atoms with van der Waals surface area (Å²) in [7, 11) is 1.85. The molecule has 0 saturated heterocycles. The normalized spacial score (nSPS) is 13.3. The van der Waals surface area contributed by atoms with E-state index >= 15 is 0 Å². The predicted octanol–water partition coefficient (Wildman–Crippen LogP) is 2.21. The summed E-state index contributed by atoms with van der Waals surface area (Å²) in [5, 5.41) is 8.99. The third-order valence-corrected chi connectivity index (χ3v) is 3.86. The van der Waals surface area contributed by atoms with E-state index in [2.05, 4.69) is 25.4 Å². The Morgan fingerprint density at radius 3 is 2.95 bits per heavy atom. The number of aromatic amines is 1. The van der Waals surface area contributed by atoms with Gasteiger partial charge in [-0.2, -0.15) is 10.2 Å². The molecule has 8 heteroatoms. The number of hydrazone groups is 1. The number of anilines is 1. The monoisotopic (exact) mass is 314 g/mol. The maximum absolute atomic E-state index is 12.2. The van der Waals surface area contributed by atoms with Crippen LogP contribution < -0.4 is 10.3 Å². The molecule has 3 heterocycles. The van der Waals surface area contributed by atoms with Crippen LogP contribution in [0.4, 0.5) is 5.69 Å². The number of rotatable bonds is 2. The molecule has 0 unspecified atom stereocenters. The number of nitrogens with one attached hydrogen (secondary N) is 3. The Morgan fingerprint density at radius 2 is 2.23 bits per heavy atom. The zero-order valence-corrected chi connectivity index (χ0v) is 12.3. The largest absolute Gasteiger partial charge is 0.354 e. The standard InChI is InChI=1S/C14H11ClN6O/c1-21-6-7(4-17-21)13-10-5-16-20-14(22)9-2-8(19-15)3-11(18-13)12(9)10/h2-6,18-19H,1H3,(H,20,22). The molecule has 0 fully saturated rings. The van der Waals surface area contributed by atoms with Crippen molar-refractivity contribution in [3.63, 3.8) is 0 Å². The maximum atomic E-state index is 12.2. The smallest absolute Gasteiger partial charge is 0.272 e. The SMILES string of the molecule is Cn1cc(-c2[nH]c3cc(NCl)cc4c3c2C=NNC4=O)cn1. The van der Waals surface area contributed by atoms with Crippen LogP contribution in [0.25, 0.3) is 22.2 Å². The lowest BCUT2D eigenvalue weighted by Gasteiger charge is -2.04. The molecule has 0 spiro atoms. The first kappa shape index (κ1) is 12.9. The van der Waals surface area contributed by atoms with Gasteiger partial charge in [0.1, 0.15) is 0 Å². The number of aryl methyl sites for hydroxylation is 1. The predicted molar refractivity (Wildman–Crippen MR) is 85.0 cm³/mol. The molecule has 3 N–H and O–H groups in total. The van der Waals surface area contributed by atoms with E-state index in [9.17, 15) is 4.79 Å². The van der Waals surface area contributed by atoms with Gasteiger partial charge >= 0.3 is 0 Å². The van der Waals surface area contributed by atoms with Crippen LogP contribution in [-0.4, -0.2) is 26.9 Å². The van der Waals surface area contributed by atoms with Crippen LogP contribution in [0.15, 0.2) is 29.6 Å². The Bertz CT molecular complexity index is 938. The highest BCUT2D eigenvalue weighted by molar-refractivity contribution is 6.25. The first-order chi connectivity index (χ1) is 10.7. The number of hydrogen-bond donors (Lipinski definition) is 3. The summed E-state index contributed by atoms with van der Waals surface area (Å²) in [6.07, 6.45) is 5.30. The van der Waals surface area contributed by atoms with E-state index in [4.69, 9.17) is 11.8 Å². The van der Waals surface area contributed by atoms with E-state index in [0.717, 1.165) is 27.7 Å². The van der Waals surface area contributed by atoms with Gasteiger partial charge in [0.15, 0.2) is 0 Å². The fourth-order valence-corrected chi connectivity index (χ4v) is 2.82. The van der Waals surface area contributed by atoms with E-state index < -0.39 is 0 Å². The maximum Gasteiger partial charge on any atom is 0.272 e. The van der Waals surface area contributed by atoms with Crippen molar-refractivity contribution in [2.45, 2.75) is 0 Å². The summed E-state index contributed by atoms with van der Waals surface area (Å²) >= 11 is 5.69. The number of halogens is 1. The van der Waals surface area contributed by atoms with E-state index in [1.54, 1.807) is 23.2 Å².